The van der Waals surface area contributed by atoms with Crippen LogP contribution in [0.1, 0.15) is 45.1 Å². The van der Waals surface area contributed by atoms with Gasteiger partial charge in [0.1, 0.15) is 0 Å². The second-order valence-electron chi connectivity index (χ2n) is 5.63. The van der Waals surface area contributed by atoms with E-state index in [4.69, 9.17) is 5.73 Å². The quantitative estimate of drug-likeness (QED) is 0.793. The van der Waals surface area contributed by atoms with Crippen molar-refractivity contribution in [2.75, 3.05) is 6.54 Å². The molecule has 0 saturated carbocycles. The van der Waals surface area contributed by atoms with E-state index >= 15 is 0 Å². The number of nitrogens with two attached hydrogens (primary N) is 1. The molecule has 2 unspecified atom stereocenters. The van der Waals surface area contributed by atoms with Gasteiger partial charge in [0, 0.05) is 6.54 Å². The molecule has 0 fully saturated rings. The molecule has 0 aliphatic heterocycles. The minimum Gasteiger partial charge on any atom is -0.355 e. The molecule has 0 aromatic heterocycles. The van der Waals surface area contributed by atoms with Gasteiger partial charge in [0.25, 0.3) is 0 Å². The van der Waals surface area contributed by atoms with E-state index in [2.05, 4.69) is 38.2 Å². The second-order valence-corrected chi connectivity index (χ2v) is 5.63. The molecule has 1 amide bonds. The smallest absolute Gasteiger partial charge is 0.236 e. The lowest BCUT2D eigenvalue weighted by molar-refractivity contribution is -0.122. The standard InChI is InChI=1S/C16H26N2O/c1-12(2)11-15(17)16(19)18-10-9-13(3)14-7-5-4-6-8-14/h4-8,12-13,15H,9-11,17H2,1-3H3,(H,18,19). The second kappa shape index (κ2) is 7.95. The lowest BCUT2D eigenvalue weighted by Gasteiger charge is -2.16. The van der Waals surface area contributed by atoms with Gasteiger partial charge in [-0.2, -0.15) is 0 Å². The normalized spacial score (nSPS) is 14.2. The van der Waals surface area contributed by atoms with Crippen LogP contribution in [-0.2, 0) is 4.79 Å². The molecule has 0 aliphatic carbocycles. The molecule has 19 heavy (non-hydrogen) atoms. The van der Waals surface area contributed by atoms with Gasteiger partial charge in [-0.15, -0.1) is 0 Å². The van der Waals surface area contributed by atoms with Crippen LogP contribution in [0.15, 0.2) is 30.3 Å². The number of rotatable bonds is 7. The third-order valence-electron chi connectivity index (χ3n) is 3.31. The monoisotopic (exact) mass is 262 g/mol. The number of benzene rings is 1. The van der Waals surface area contributed by atoms with Crippen molar-refractivity contribution in [1.82, 2.24) is 5.32 Å². The zero-order valence-electron chi connectivity index (χ0n) is 12.2. The number of carbonyl (C=O) groups is 1. The lowest BCUT2D eigenvalue weighted by Crippen LogP contribution is -2.41. The van der Waals surface area contributed by atoms with Crippen LogP contribution in [0.3, 0.4) is 0 Å². The third-order valence-corrected chi connectivity index (χ3v) is 3.31. The van der Waals surface area contributed by atoms with Gasteiger partial charge in [0.15, 0.2) is 0 Å². The van der Waals surface area contributed by atoms with Crippen LogP contribution in [0.25, 0.3) is 0 Å². The van der Waals surface area contributed by atoms with Crippen LogP contribution in [-0.4, -0.2) is 18.5 Å². The van der Waals surface area contributed by atoms with Gasteiger partial charge in [0.05, 0.1) is 6.04 Å². The summed E-state index contributed by atoms with van der Waals surface area (Å²) < 4.78 is 0. The summed E-state index contributed by atoms with van der Waals surface area (Å²) in [5, 5.41) is 2.92. The van der Waals surface area contributed by atoms with Crippen LogP contribution >= 0.6 is 0 Å². The van der Waals surface area contributed by atoms with Crippen LogP contribution < -0.4 is 11.1 Å². The van der Waals surface area contributed by atoms with E-state index in [9.17, 15) is 4.79 Å². The Bertz CT molecular complexity index is 376. The molecular weight excluding hydrogens is 236 g/mol. The summed E-state index contributed by atoms with van der Waals surface area (Å²) in [6.07, 6.45) is 1.67. The molecule has 3 nitrogen and oxygen atoms in total. The molecule has 2 atom stereocenters. The average molecular weight is 262 g/mol. The van der Waals surface area contributed by atoms with Crippen molar-refractivity contribution < 1.29 is 4.79 Å². The molecule has 1 rings (SSSR count). The minimum absolute atomic E-state index is 0.0334. The Balaban J connectivity index is 2.28. The Hall–Kier alpha value is -1.35. The van der Waals surface area contributed by atoms with Crippen molar-refractivity contribution in [2.24, 2.45) is 11.7 Å². The largest absolute Gasteiger partial charge is 0.355 e. The summed E-state index contributed by atoms with van der Waals surface area (Å²) >= 11 is 0. The molecule has 3 N–H and O–H groups in total. The molecule has 0 radical (unpaired) electrons. The van der Waals surface area contributed by atoms with E-state index in [1.807, 2.05) is 18.2 Å². The Morgan fingerprint density at radius 3 is 2.42 bits per heavy atom. The third kappa shape index (κ3) is 5.88. The van der Waals surface area contributed by atoms with Crippen LogP contribution in [0.4, 0.5) is 0 Å². The van der Waals surface area contributed by atoms with Gasteiger partial charge in [0.2, 0.25) is 5.91 Å². The first-order chi connectivity index (χ1) is 9.00. The topological polar surface area (TPSA) is 55.1 Å². The van der Waals surface area contributed by atoms with E-state index in [0.717, 1.165) is 12.8 Å². The fourth-order valence-corrected chi connectivity index (χ4v) is 2.11. The van der Waals surface area contributed by atoms with Gasteiger partial charge < -0.3 is 11.1 Å². The number of hydrogen-bond acceptors (Lipinski definition) is 2. The van der Waals surface area contributed by atoms with Crippen molar-refractivity contribution in [1.29, 1.82) is 0 Å². The molecular formula is C16H26N2O. The highest BCUT2D eigenvalue weighted by Gasteiger charge is 2.14. The molecule has 3 heteroatoms. The highest BCUT2D eigenvalue weighted by molar-refractivity contribution is 5.81. The number of nitrogens with one attached hydrogen (secondary N) is 1. The first-order valence-electron chi connectivity index (χ1n) is 7.09. The first-order valence-corrected chi connectivity index (χ1v) is 7.09. The number of hydrogen-bond donors (Lipinski definition) is 2. The summed E-state index contributed by atoms with van der Waals surface area (Å²) in [5.41, 5.74) is 7.14. The van der Waals surface area contributed by atoms with Gasteiger partial charge >= 0.3 is 0 Å². The van der Waals surface area contributed by atoms with Gasteiger partial charge in [-0.25, -0.2) is 0 Å². The van der Waals surface area contributed by atoms with Crippen molar-refractivity contribution in [2.45, 2.75) is 45.6 Å². The molecule has 106 valence electrons. The Labute approximate surface area is 116 Å². The molecule has 0 saturated heterocycles. The van der Waals surface area contributed by atoms with E-state index in [1.54, 1.807) is 0 Å². The summed E-state index contributed by atoms with van der Waals surface area (Å²) in [6.45, 7) is 7.01. The maximum atomic E-state index is 11.8. The molecule has 0 bridgehead atoms. The Kier molecular flexibility index (Phi) is 6.57. The molecule has 0 heterocycles. The van der Waals surface area contributed by atoms with Crippen molar-refractivity contribution in [3.05, 3.63) is 35.9 Å². The maximum absolute atomic E-state index is 11.8. The summed E-state index contributed by atoms with van der Waals surface area (Å²) in [6, 6.07) is 9.97. The maximum Gasteiger partial charge on any atom is 0.236 e. The molecule has 0 spiro atoms. The van der Waals surface area contributed by atoms with Crippen LogP contribution in [0, 0.1) is 5.92 Å². The number of carbonyl (C=O) groups excluding carboxylic acids is 1. The van der Waals surface area contributed by atoms with Crippen molar-refractivity contribution >= 4 is 5.91 Å². The van der Waals surface area contributed by atoms with Gasteiger partial charge in [-0.3, -0.25) is 4.79 Å². The first kappa shape index (κ1) is 15.7. The lowest BCUT2D eigenvalue weighted by atomic mass is 9.98. The molecule has 0 aliphatic rings. The highest BCUT2D eigenvalue weighted by atomic mass is 16.2. The van der Waals surface area contributed by atoms with Crippen molar-refractivity contribution in [3.8, 4) is 0 Å². The Morgan fingerprint density at radius 1 is 1.21 bits per heavy atom. The van der Waals surface area contributed by atoms with E-state index in [-0.39, 0.29) is 11.9 Å². The molecule has 1 aromatic carbocycles. The predicted molar refractivity (Wildman–Crippen MR) is 79.9 cm³/mol. The average Bonchev–Trinajstić information content (AvgIpc) is 2.38. The predicted octanol–water partition coefficient (Wildman–Crippen LogP) is 2.67. The van der Waals surface area contributed by atoms with Crippen molar-refractivity contribution in [3.63, 3.8) is 0 Å². The summed E-state index contributed by atoms with van der Waals surface area (Å²) in [7, 11) is 0. The summed E-state index contributed by atoms with van der Waals surface area (Å²) in [5.74, 6) is 0.862. The minimum atomic E-state index is -0.382. The Morgan fingerprint density at radius 2 is 1.84 bits per heavy atom. The molecule has 1 aromatic rings. The zero-order chi connectivity index (χ0) is 14.3. The van der Waals surface area contributed by atoms with Crippen LogP contribution in [0.2, 0.25) is 0 Å². The fourth-order valence-electron chi connectivity index (χ4n) is 2.11. The highest BCUT2D eigenvalue weighted by Crippen LogP contribution is 2.17. The van der Waals surface area contributed by atoms with E-state index in [1.165, 1.54) is 5.56 Å². The zero-order valence-corrected chi connectivity index (χ0v) is 12.2. The van der Waals surface area contributed by atoms with Gasteiger partial charge in [-0.1, -0.05) is 51.1 Å². The van der Waals surface area contributed by atoms with E-state index in [0.29, 0.717) is 18.4 Å². The number of amides is 1. The summed E-state index contributed by atoms with van der Waals surface area (Å²) in [4.78, 5) is 11.8. The van der Waals surface area contributed by atoms with Gasteiger partial charge in [-0.05, 0) is 30.2 Å². The SMILES string of the molecule is CC(C)CC(N)C(=O)NCCC(C)c1ccccc1. The fraction of sp³-hybridized carbons (Fsp3) is 0.562. The van der Waals surface area contributed by atoms with E-state index < -0.39 is 0 Å². The van der Waals surface area contributed by atoms with Crippen LogP contribution in [0.5, 0.6) is 0 Å².